The van der Waals surface area contributed by atoms with E-state index >= 15 is 0 Å². The highest BCUT2D eigenvalue weighted by Gasteiger charge is 2.52. The summed E-state index contributed by atoms with van der Waals surface area (Å²) in [7, 11) is 0. The third-order valence-electron chi connectivity index (χ3n) is 3.75. The molecular formula is C12H20N2O3. The number of amides is 3. The Morgan fingerprint density at radius 1 is 1.29 bits per heavy atom. The highest BCUT2D eigenvalue weighted by molar-refractivity contribution is 6.07. The van der Waals surface area contributed by atoms with Gasteiger partial charge in [0, 0.05) is 13.2 Å². The van der Waals surface area contributed by atoms with Gasteiger partial charge in [0.05, 0.1) is 6.61 Å². The lowest BCUT2D eigenvalue weighted by atomic mass is 9.80. The van der Waals surface area contributed by atoms with Crippen LogP contribution < -0.4 is 5.32 Å². The first kappa shape index (κ1) is 12.4. The van der Waals surface area contributed by atoms with Gasteiger partial charge in [0.2, 0.25) is 0 Å². The van der Waals surface area contributed by atoms with E-state index in [4.69, 9.17) is 4.74 Å². The number of urea groups is 1. The van der Waals surface area contributed by atoms with Crippen molar-refractivity contribution < 1.29 is 14.3 Å². The normalized spacial score (nSPS) is 23.2. The molecule has 0 unspecified atom stereocenters. The average molecular weight is 240 g/mol. The number of hydrogen-bond donors (Lipinski definition) is 1. The first-order valence-corrected chi connectivity index (χ1v) is 6.41. The minimum Gasteiger partial charge on any atom is -0.380 e. The zero-order valence-electron chi connectivity index (χ0n) is 10.3. The van der Waals surface area contributed by atoms with Crippen LogP contribution in [-0.4, -0.2) is 42.1 Å². The second-order valence-corrected chi connectivity index (χ2v) is 4.70. The van der Waals surface area contributed by atoms with Gasteiger partial charge in [0.25, 0.3) is 5.91 Å². The Labute approximate surface area is 101 Å². The summed E-state index contributed by atoms with van der Waals surface area (Å²) in [6, 6.07) is -0.253. The summed E-state index contributed by atoms with van der Waals surface area (Å²) in [4.78, 5) is 25.5. The molecule has 0 aromatic rings. The first-order chi connectivity index (χ1) is 8.20. The van der Waals surface area contributed by atoms with Crippen molar-refractivity contribution in [2.24, 2.45) is 0 Å². The van der Waals surface area contributed by atoms with Crippen LogP contribution in [0, 0.1) is 0 Å². The summed E-state index contributed by atoms with van der Waals surface area (Å²) in [5, 5.41) is 2.45. The number of carbonyl (C=O) groups excluding carboxylic acids is 2. The van der Waals surface area contributed by atoms with Gasteiger partial charge in [-0.1, -0.05) is 19.3 Å². The second-order valence-electron chi connectivity index (χ2n) is 4.70. The summed E-state index contributed by atoms with van der Waals surface area (Å²) in [5.41, 5.74) is -0.577. The maximum Gasteiger partial charge on any atom is 0.325 e. The largest absolute Gasteiger partial charge is 0.380 e. The zero-order valence-corrected chi connectivity index (χ0v) is 10.3. The monoisotopic (exact) mass is 240 g/mol. The SMILES string of the molecule is CCOCCN1C(=O)NC(=O)C12CCCCC2. The molecule has 1 heterocycles. The summed E-state index contributed by atoms with van der Waals surface area (Å²) in [6.07, 6.45) is 4.77. The minimum atomic E-state index is -0.577. The van der Waals surface area contributed by atoms with Crippen LogP contribution in [-0.2, 0) is 9.53 Å². The molecule has 96 valence electrons. The number of carbonyl (C=O) groups is 2. The van der Waals surface area contributed by atoms with Gasteiger partial charge in [-0.25, -0.2) is 4.79 Å². The molecule has 0 aromatic carbocycles. The van der Waals surface area contributed by atoms with Gasteiger partial charge in [-0.2, -0.15) is 0 Å². The Kier molecular flexibility index (Phi) is 3.66. The smallest absolute Gasteiger partial charge is 0.325 e. The molecule has 2 aliphatic rings. The van der Waals surface area contributed by atoms with E-state index in [-0.39, 0.29) is 11.9 Å². The third kappa shape index (κ3) is 2.16. The van der Waals surface area contributed by atoms with Crippen LogP contribution in [0.15, 0.2) is 0 Å². The maximum atomic E-state index is 12.0. The highest BCUT2D eigenvalue weighted by atomic mass is 16.5. The van der Waals surface area contributed by atoms with Gasteiger partial charge in [-0.15, -0.1) is 0 Å². The van der Waals surface area contributed by atoms with Gasteiger partial charge in [-0.3, -0.25) is 10.1 Å². The highest BCUT2D eigenvalue weighted by Crippen LogP contribution is 2.36. The lowest BCUT2D eigenvalue weighted by Gasteiger charge is -2.38. The van der Waals surface area contributed by atoms with E-state index in [1.807, 2.05) is 6.92 Å². The molecule has 1 N–H and O–H groups in total. The predicted molar refractivity (Wildman–Crippen MR) is 62.6 cm³/mol. The van der Waals surface area contributed by atoms with Crippen molar-refractivity contribution in [2.45, 2.75) is 44.6 Å². The third-order valence-corrected chi connectivity index (χ3v) is 3.75. The van der Waals surface area contributed by atoms with Crippen molar-refractivity contribution in [1.29, 1.82) is 0 Å². The molecule has 0 atom stereocenters. The molecule has 5 nitrogen and oxygen atoms in total. The van der Waals surface area contributed by atoms with Crippen LogP contribution >= 0.6 is 0 Å². The molecule has 0 radical (unpaired) electrons. The fourth-order valence-electron chi connectivity index (χ4n) is 2.85. The standard InChI is InChI=1S/C12H20N2O3/c1-2-17-9-8-14-11(16)13-10(15)12(14)6-4-3-5-7-12/h2-9H2,1H3,(H,13,15,16). The number of hydrogen-bond acceptors (Lipinski definition) is 3. The lowest BCUT2D eigenvalue weighted by Crippen LogP contribution is -2.51. The Morgan fingerprint density at radius 2 is 2.00 bits per heavy atom. The van der Waals surface area contributed by atoms with E-state index in [0.29, 0.717) is 19.8 Å². The van der Waals surface area contributed by atoms with Crippen molar-refractivity contribution in [3.8, 4) is 0 Å². The number of nitrogens with one attached hydrogen (secondary N) is 1. The predicted octanol–water partition coefficient (Wildman–Crippen LogP) is 1.28. The molecule has 3 amide bonds. The minimum absolute atomic E-state index is 0.112. The van der Waals surface area contributed by atoms with E-state index in [2.05, 4.69) is 5.32 Å². The number of ether oxygens (including phenoxy) is 1. The van der Waals surface area contributed by atoms with Crippen LogP contribution in [0.3, 0.4) is 0 Å². The molecule has 1 aliphatic heterocycles. The van der Waals surface area contributed by atoms with Gasteiger partial charge < -0.3 is 9.64 Å². The molecule has 1 saturated carbocycles. The van der Waals surface area contributed by atoms with Crippen LogP contribution in [0.2, 0.25) is 0 Å². The quantitative estimate of drug-likeness (QED) is 0.595. The molecule has 0 bridgehead atoms. The average Bonchev–Trinajstić information content (AvgIpc) is 2.55. The molecule has 5 heteroatoms. The summed E-state index contributed by atoms with van der Waals surface area (Å²) < 4.78 is 5.28. The summed E-state index contributed by atoms with van der Waals surface area (Å²) >= 11 is 0. The molecule has 0 aromatic heterocycles. The van der Waals surface area contributed by atoms with E-state index in [0.717, 1.165) is 32.1 Å². The topological polar surface area (TPSA) is 58.6 Å². The van der Waals surface area contributed by atoms with E-state index < -0.39 is 5.54 Å². The fourth-order valence-corrected chi connectivity index (χ4v) is 2.85. The summed E-state index contributed by atoms with van der Waals surface area (Å²) in [5.74, 6) is -0.112. The Balaban J connectivity index is 2.08. The number of rotatable bonds is 4. The van der Waals surface area contributed by atoms with Gasteiger partial charge in [0.15, 0.2) is 0 Å². The van der Waals surface area contributed by atoms with E-state index in [9.17, 15) is 9.59 Å². The van der Waals surface area contributed by atoms with Gasteiger partial charge in [0.1, 0.15) is 5.54 Å². The molecule has 2 fully saturated rings. The number of nitrogens with zero attached hydrogens (tertiary/aromatic N) is 1. The van der Waals surface area contributed by atoms with Crippen molar-refractivity contribution >= 4 is 11.9 Å². The van der Waals surface area contributed by atoms with Gasteiger partial charge in [-0.05, 0) is 19.8 Å². The van der Waals surface area contributed by atoms with Crippen LogP contribution in [0.25, 0.3) is 0 Å². The molecule has 1 aliphatic carbocycles. The van der Waals surface area contributed by atoms with E-state index in [1.54, 1.807) is 4.90 Å². The van der Waals surface area contributed by atoms with E-state index in [1.165, 1.54) is 0 Å². The Bertz CT molecular complexity index is 311. The van der Waals surface area contributed by atoms with Crippen LogP contribution in [0.5, 0.6) is 0 Å². The fraction of sp³-hybridized carbons (Fsp3) is 0.833. The molecule has 1 saturated heterocycles. The lowest BCUT2D eigenvalue weighted by molar-refractivity contribution is -0.128. The zero-order chi connectivity index (χ0) is 12.3. The molecule has 2 rings (SSSR count). The van der Waals surface area contributed by atoms with Crippen LogP contribution in [0.1, 0.15) is 39.0 Å². The Morgan fingerprint density at radius 3 is 2.65 bits per heavy atom. The van der Waals surface area contributed by atoms with Crippen LogP contribution in [0.4, 0.5) is 4.79 Å². The molecular weight excluding hydrogens is 220 g/mol. The van der Waals surface area contributed by atoms with Crippen molar-refractivity contribution in [3.63, 3.8) is 0 Å². The van der Waals surface area contributed by atoms with Crippen molar-refractivity contribution in [3.05, 3.63) is 0 Å². The number of imide groups is 1. The molecule has 17 heavy (non-hydrogen) atoms. The maximum absolute atomic E-state index is 12.0. The second kappa shape index (κ2) is 5.04. The Hall–Kier alpha value is -1.10. The first-order valence-electron chi connectivity index (χ1n) is 6.41. The summed E-state index contributed by atoms with van der Waals surface area (Å²) in [6.45, 7) is 3.56. The van der Waals surface area contributed by atoms with Crippen molar-refractivity contribution in [1.82, 2.24) is 10.2 Å². The van der Waals surface area contributed by atoms with Gasteiger partial charge >= 0.3 is 6.03 Å². The molecule has 1 spiro atoms. The van der Waals surface area contributed by atoms with Crippen molar-refractivity contribution in [2.75, 3.05) is 19.8 Å².